The molecule has 36 heavy (non-hydrogen) atoms. The molecule has 2 amide bonds. The average Bonchev–Trinajstić information content (AvgIpc) is 3.20. The van der Waals surface area contributed by atoms with E-state index in [9.17, 15) is 9.59 Å². The molecule has 0 bridgehead atoms. The van der Waals surface area contributed by atoms with Crippen LogP contribution in [0.2, 0.25) is 5.02 Å². The number of fused-ring (bicyclic) bond motifs is 1. The van der Waals surface area contributed by atoms with Crippen LogP contribution >= 0.6 is 11.6 Å². The molecule has 9 nitrogen and oxygen atoms in total. The molecule has 0 aliphatic carbocycles. The number of hydrogen-bond donors (Lipinski definition) is 0. The van der Waals surface area contributed by atoms with Crippen molar-refractivity contribution in [2.45, 2.75) is 12.5 Å². The van der Waals surface area contributed by atoms with Crippen LogP contribution < -0.4 is 4.74 Å². The van der Waals surface area contributed by atoms with E-state index in [0.29, 0.717) is 50.5 Å². The summed E-state index contributed by atoms with van der Waals surface area (Å²) in [6.45, 7) is 2.32. The number of methoxy groups -OCH3 is 2. The van der Waals surface area contributed by atoms with E-state index in [2.05, 4.69) is 11.2 Å². The van der Waals surface area contributed by atoms with Gasteiger partial charge >= 0.3 is 0 Å². The first-order chi connectivity index (χ1) is 17.3. The number of aryl methyl sites for hydroxylation is 1. The van der Waals surface area contributed by atoms with Crippen LogP contribution in [-0.2, 0) is 22.9 Å². The van der Waals surface area contributed by atoms with Crippen molar-refractivity contribution in [2.75, 3.05) is 54.2 Å². The number of rotatable bonds is 8. The number of hydrogen-bond acceptors (Lipinski definition) is 6. The van der Waals surface area contributed by atoms with Crippen LogP contribution in [0.5, 0.6) is 5.88 Å². The van der Waals surface area contributed by atoms with E-state index in [4.69, 9.17) is 25.8 Å². The van der Waals surface area contributed by atoms with Gasteiger partial charge in [-0.2, -0.15) is 0 Å². The molecule has 1 atom stereocenters. The van der Waals surface area contributed by atoms with Gasteiger partial charge in [0.05, 0.1) is 38.5 Å². The monoisotopic (exact) mass is 514 g/mol. The van der Waals surface area contributed by atoms with Gasteiger partial charge < -0.3 is 28.6 Å². The van der Waals surface area contributed by atoms with Crippen LogP contribution in [0.1, 0.15) is 26.3 Å². The fourth-order valence-electron chi connectivity index (χ4n) is 4.52. The lowest BCUT2D eigenvalue weighted by atomic mass is 10.0. The number of carbonyl (C=O) groups is 2. The second-order valence-electron chi connectivity index (χ2n) is 8.86. The topological polar surface area (TPSA) is 86.1 Å². The van der Waals surface area contributed by atoms with E-state index in [1.807, 2.05) is 34.7 Å². The van der Waals surface area contributed by atoms with Crippen LogP contribution in [0.4, 0.5) is 0 Å². The summed E-state index contributed by atoms with van der Waals surface area (Å²) >= 11 is 6.21. The summed E-state index contributed by atoms with van der Waals surface area (Å²) in [6.07, 6.45) is 4.11. The van der Waals surface area contributed by atoms with E-state index in [1.54, 1.807) is 25.1 Å². The molecule has 0 N–H and O–H groups in total. The Morgan fingerprint density at radius 3 is 2.78 bits per heavy atom. The van der Waals surface area contributed by atoms with Crippen molar-refractivity contribution < 1.29 is 23.8 Å². The Morgan fingerprint density at radius 2 is 2.06 bits per heavy atom. The number of aromatic nitrogens is 2. The quantitative estimate of drug-likeness (QED) is 0.459. The number of carbonyl (C=O) groups excluding carboxylic acids is 2. The molecular formula is C26H31ClN4O5. The van der Waals surface area contributed by atoms with Crippen LogP contribution in [0, 0.1) is 0 Å². The van der Waals surface area contributed by atoms with Crippen LogP contribution in [0.15, 0.2) is 36.7 Å². The van der Waals surface area contributed by atoms with Gasteiger partial charge in [-0.05, 0) is 36.2 Å². The highest BCUT2D eigenvalue weighted by atomic mass is 35.5. The second-order valence-corrected chi connectivity index (χ2v) is 9.27. The summed E-state index contributed by atoms with van der Waals surface area (Å²) in [5, 5.41) is 1.27. The van der Waals surface area contributed by atoms with Crippen LogP contribution in [0.3, 0.4) is 0 Å². The fraction of sp³-hybridized carbons (Fsp3) is 0.423. The van der Waals surface area contributed by atoms with Crippen molar-refractivity contribution in [2.24, 2.45) is 7.05 Å². The zero-order valence-corrected chi connectivity index (χ0v) is 21.7. The van der Waals surface area contributed by atoms with E-state index in [1.165, 1.54) is 13.3 Å². The predicted molar refractivity (Wildman–Crippen MR) is 137 cm³/mol. The average molecular weight is 515 g/mol. The first kappa shape index (κ1) is 25.9. The maximum absolute atomic E-state index is 13.4. The summed E-state index contributed by atoms with van der Waals surface area (Å²) < 4.78 is 18.0. The third-order valence-corrected chi connectivity index (χ3v) is 6.76. The number of amides is 2. The second kappa shape index (κ2) is 11.3. The molecule has 0 spiro atoms. The van der Waals surface area contributed by atoms with Crippen LogP contribution in [-0.4, -0.2) is 91.4 Å². The molecule has 1 aromatic carbocycles. The molecule has 4 rings (SSSR count). The summed E-state index contributed by atoms with van der Waals surface area (Å²) in [6, 6.07) is 7.14. The highest BCUT2D eigenvalue weighted by Crippen LogP contribution is 2.27. The smallest absolute Gasteiger partial charge is 0.255 e. The molecule has 0 radical (unpaired) electrons. The molecule has 3 aromatic rings. The Morgan fingerprint density at radius 1 is 1.25 bits per heavy atom. The van der Waals surface area contributed by atoms with Gasteiger partial charge in [0.25, 0.3) is 11.8 Å². The molecule has 1 aliphatic heterocycles. The minimum atomic E-state index is -0.179. The molecule has 0 unspecified atom stereocenters. The zero-order chi connectivity index (χ0) is 25.8. The Bertz CT molecular complexity index is 1260. The van der Waals surface area contributed by atoms with Crippen molar-refractivity contribution >= 4 is 34.3 Å². The predicted octanol–water partition coefficient (Wildman–Crippen LogP) is 3.04. The summed E-state index contributed by atoms with van der Waals surface area (Å²) in [4.78, 5) is 33.9. The Labute approximate surface area is 215 Å². The fourth-order valence-corrected chi connectivity index (χ4v) is 4.77. The van der Waals surface area contributed by atoms with Gasteiger partial charge in [-0.1, -0.05) is 11.6 Å². The third-order valence-electron chi connectivity index (χ3n) is 6.49. The third kappa shape index (κ3) is 5.33. The summed E-state index contributed by atoms with van der Waals surface area (Å²) in [7, 11) is 6.84. The Kier molecular flexibility index (Phi) is 8.13. The molecule has 192 valence electrons. The number of morpholine rings is 1. The van der Waals surface area contributed by atoms with Crippen LogP contribution in [0.25, 0.3) is 10.9 Å². The van der Waals surface area contributed by atoms with Crippen molar-refractivity contribution in [3.05, 3.63) is 58.4 Å². The molecule has 2 aromatic heterocycles. The number of halogens is 1. The molecular weight excluding hydrogens is 484 g/mol. The van der Waals surface area contributed by atoms with Crippen molar-refractivity contribution in [3.8, 4) is 5.88 Å². The van der Waals surface area contributed by atoms with Gasteiger partial charge in [-0.25, -0.2) is 4.98 Å². The Balaban J connectivity index is 1.60. The number of nitrogens with zero attached hydrogens (tertiary/aromatic N) is 4. The highest BCUT2D eigenvalue weighted by molar-refractivity contribution is 6.32. The molecule has 1 fully saturated rings. The molecule has 1 saturated heterocycles. The minimum Gasteiger partial charge on any atom is -0.480 e. The first-order valence-corrected chi connectivity index (χ1v) is 12.1. The minimum absolute atomic E-state index is 0.0644. The number of benzene rings is 1. The van der Waals surface area contributed by atoms with Gasteiger partial charge in [-0.3, -0.25) is 9.59 Å². The molecule has 0 saturated carbocycles. The maximum atomic E-state index is 13.4. The summed E-state index contributed by atoms with van der Waals surface area (Å²) in [5.74, 6) is 0.0578. The van der Waals surface area contributed by atoms with E-state index >= 15 is 0 Å². The lowest BCUT2D eigenvalue weighted by Crippen LogP contribution is -2.49. The van der Waals surface area contributed by atoms with E-state index < -0.39 is 0 Å². The highest BCUT2D eigenvalue weighted by Gasteiger charge is 2.30. The van der Waals surface area contributed by atoms with Gasteiger partial charge in [0, 0.05) is 63.2 Å². The normalized spacial score (nSPS) is 15.8. The first-order valence-electron chi connectivity index (χ1n) is 11.7. The van der Waals surface area contributed by atoms with Gasteiger partial charge in [0.2, 0.25) is 5.88 Å². The Hall–Kier alpha value is -3.14. The summed E-state index contributed by atoms with van der Waals surface area (Å²) in [5.41, 5.74) is 3.07. The maximum Gasteiger partial charge on any atom is 0.255 e. The molecule has 3 heterocycles. The lowest BCUT2D eigenvalue weighted by molar-refractivity contribution is -0.00158. The molecule has 10 heteroatoms. The number of pyridine rings is 1. The molecule has 1 aliphatic rings. The van der Waals surface area contributed by atoms with Crippen molar-refractivity contribution in [1.82, 2.24) is 19.4 Å². The van der Waals surface area contributed by atoms with Gasteiger partial charge in [0.15, 0.2) is 0 Å². The van der Waals surface area contributed by atoms with Gasteiger partial charge in [0.1, 0.15) is 5.02 Å². The van der Waals surface area contributed by atoms with E-state index in [0.717, 1.165) is 16.5 Å². The largest absolute Gasteiger partial charge is 0.480 e. The zero-order valence-electron chi connectivity index (χ0n) is 21.0. The lowest BCUT2D eigenvalue weighted by Gasteiger charge is -2.35. The number of ether oxygens (including phenoxy) is 3. The van der Waals surface area contributed by atoms with E-state index in [-0.39, 0.29) is 28.8 Å². The SMILES string of the molecule is COCCN(C)C(=O)c1ccc2c(c1)c(C[C@H]1COCCN1C(=O)c1cnc(OC)c(Cl)c1)cn2C. The van der Waals surface area contributed by atoms with Gasteiger partial charge in [-0.15, -0.1) is 0 Å². The van der Waals surface area contributed by atoms with Crippen molar-refractivity contribution in [3.63, 3.8) is 0 Å². The number of likely N-dealkylation sites (N-methyl/N-ethyl adjacent to an activating group) is 1. The standard InChI is InChI=1S/C26H31ClN4O5/c1-29(7-9-34-3)25(32)17-5-6-23-21(12-17)19(15-30(23)2)11-20-16-36-10-8-31(20)26(33)18-13-22(27)24(35-4)28-14-18/h5-6,12-15,20H,7-11,16H2,1-4H3/t20-/m0/s1. The van der Waals surface area contributed by atoms with Crippen molar-refractivity contribution in [1.29, 1.82) is 0 Å².